The van der Waals surface area contributed by atoms with Gasteiger partial charge in [0.25, 0.3) is 0 Å². The highest BCUT2D eigenvalue weighted by molar-refractivity contribution is 5.82. The monoisotopic (exact) mass is 413 g/mol. The van der Waals surface area contributed by atoms with Crippen LogP contribution in [0.15, 0.2) is 76.3 Å². The highest BCUT2D eigenvalue weighted by Crippen LogP contribution is 2.28. The fourth-order valence-corrected chi connectivity index (χ4v) is 2.88. The number of phenolic OH excluding ortho intramolecular Hbond substituents is 1. The van der Waals surface area contributed by atoms with Crippen molar-refractivity contribution in [1.29, 1.82) is 0 Å². The molecule has 4 aromatic rings. The molecule has 1 N–H and O–H groups in total. The molecule has 0 aliphatic rings. The van der Waals surface area contributed by atoms with Crippen molar-refractivity contribution in [2.45, 2.75) is 12.8 Å². The number of phenols is 1. The molecule has 5 nitrogen and oxygen atoms in total. The van der Waals surface area contributed by atoms with Gasteiger partial charge >= 0.3 is 6.18 Å². The molecule has 2 heterocycles. The molecule has 0 bridgehead atoms. The van der Waals surface area contributed by atoms with Crippen molar-refractivity contribution in [3.63, 3.8) is 0 Å². The number of aromatic hydroxyl groups is 1. The lowest BCUT2D eigenvalue weighted by Gasteiger charge is -2.09. The second-order valence-corrected chi connectivity index (χ2v) is 6.52. The van der Waals surface area contributed by atoms with Crippen LogP contribution < -0.4 is 10.2 Å². The molecule has 30 heavy (non-hydrogen) atoms. The minimum Gasteiger partial charge on any atom is -0.508 e. The van der Waals surface area contributed by atoms with Crippen molar-refractivity contribution in [2.75, 3.05) is 0 Å². The molecule has 0 unspecified atom stereocenters. The topological polar surface area (TPSA) is 72.6 Å². The zero-order valence-corrected chi connectivity index (χ0v) is 15.3. The van der Waals surface area contributed by atoms with Crippen LogP contribution in [-0.4, -0.2) is 10.1 Å². The molecule has 4 rings (SSSR count). The van der Waals surface area contributed by atoms with Crippen LogP contribution in [-0.2, 0) is 12.8 Å². The number of hydrogen-bond acceptors (Lipinski definition) is 5. The number of ether oxygens (including phenoxy) is 1. The van der Waals surface area contributed by atoms with Crippen LogP contribution in [0.5, 0.6) is 11.5 Å². The molecule has 0 spiro atoms. The zero-order chi connectivity index (χ0) is 21.3. The Morgan fingerprint density at radius 3 is 2.47 bits per heavy atom. The SMILES string of the molecule is O=c1c(-c2ccc(O)cc2)coc2cc(OCc3ccc(C(F)(F)F)nc3)ccc12. The summed E-state index contributed by atoms with van der Waals surface area (Å²) in [5, 5.41) is 9.74. The van der Waals surface area contributed by atoms with Gasteiger partial charge in [-0.3, -0.25) is 9.78 Å². The van der Waals surface area contributed by atoms with Crippen LogP contribution in [0.1, 0.15) is 11.3 Å². The van der Waals surface area contributed by atoms with Gasteiger partial charge in [-0.2, -0.15) is 13.2 Å². The summed E-state index contributed by atoms with van der Waals surface area (Å²) < 4.78 is 48.9. The van der Waals surface area contributed by atoms with Gasteiger partial charge in [0, 0.05) is 17.8 Å². The quantitative estimate of drug-likeness (QED) is 0.500. The Labute approximate surface area is 168 Å². The molecule has 0 aliphatic heterocycles. The summed E-state index contributed by atoms with van der Waals surface area (Å²) in [6.07, 6.45) is -2.05. The number of fused-ring (bicyclic) bond motifs is 1. The maximum absolute atomic E-state index is 12.8. The summed E-state index contributed by atoms with van der Waals surface area (Å²) in [7, 11) is 0. The molecule has 0 atom stereocenters. The molecular formula is C22H14F3NO4. The molecule has 152 valence electrons. The fraction of sp³-hybridized carbons (Fsp3) is 0.0909. The van der Waals surface area contributed by atoms with E-state index in [9.17, 15) is 23.1 Å². The van der Waals surface area contributed by atoms with E-state index in [-0.39, 0.29) is 17.8 Å². The first-order valence-corrected chi connectivity index (χ1v) is 8.81. The molecule has 0 saturated heterocycles. The van der Waals surface area contributed by atoms with Gasteiger partial charge < -0.3 is 14.3 Å². The summed E-state index contributed by atoms with van der Waals surface area (Å²) in [6, 6.07) is 13.0. The maximum Gasteiger partial charge on any atom is 0.433 e. The van der Waals surface area contributed by atoms with Crippen LogP contribution in [0.25, 0.3) is 22.1 Å². The number of aromatic nitrogens is 1. The maximum atomic E-state index is 12.8. The Morgan fingerprint density at radius 2 is 1.80 bits per heavy atom. The van der Waals surface area contributed by atoms with Crippen molar-refractivity contribution in [3.8, 4) is 22.6 Å². The standard InChI is InChI=1S/C22H14F3NO4/c23-22(24,25)20-8-1-13(10-26-20)11-29-16-6-7-17-19(9-16)30-12-18(21(17)28)14-2-4-15(27)5-3-14/h1-10,12,27H,11H2. The molecule has 2 aromatic heterocycles. The average Bonchev–Trinajstić information content (AvgIpc) is 2.73. The number of pyridine rings is 1. The third-order valence-electron chi connectivity index (χ3n) is 4.45. The van der Waals surface area contributed by atoms with Crippen LogP contribution >= 0.6 is 0 Å². The van der Waals surface area contributed by atoms with E-state index in [0.717, 1.165) is 12.3 Å². The lowest BCUT2D eigenvalue weighted by molar-refractivity contribution is -0.141. The van der Waals surface area contributed by atoms with E-state index < -0.39 is 11.9 Å². The lowest BCUT2D eigenvalue weighted by atomic mass is 10.1. The van der Waals surface area contributed by atoms with Crippen LogP contribution in [0.2, 0.25) is 0 Å². The first-order chi connectivity index (χ1) is 14.3. The van der Waals surface area contributed by atoms with E-state index in [1.807, 2.05) is 0 Å². The van der Waals surface area contributed by atoms with Gasteiger partial charge in [0.2, 0.25) is 0 Å². The van der Waals surface area contributed by atoms with Gasteiger partial charge in [-0.15, -0.1) is 0 Å². The second kappa shape index (κ2) is 7.55. The van der Waals surface area contributed by atoms with E-state index in [0.29, 0.717) is 33.4 Å². The Balaban J connectivity index is 1.54. The van der Waals surface area contributed by atoms with Crippen molar-refractivity contribution < 1.29 is 27.4 Å². The van der Waals surface area contributed by atoms with Gasteiger partial charge in [0.1, 0.15) is 35.6 Å². The van der Waals surface area contributed by atoms with Crippen molar-refractivity contribution in [3.05, 3.63) is 88.5 Å². The summed E-state index contributed by atoms with van der Waals surface area (Å²) in [4.78, 5) is 16.1. The highest BCUT2D eigenvalue weighted by atomic mass is 19.4. The average molecular weight is 413 g/mol. The van der Waals surface area contributed by atoms with E-state index in [4.69, 9.17) is 9.15 Å². The Kier molecular flexibility index (Phi) is 4.91. The number of halogens is 3. The summed E-state index contributed by atoms with van der Waals surface area (Å²) in [5.74, 6) is 0.483. The van der Waals surface area contributed by atoms with Crippen LogP contribution in [0.3, 0.4) is 0 Å². The fourth-order valence-electron chi connectivity index (χ4n) is 2.88. The molecule has 0 radical (unpaired) electrons. The molecule has 8 heteroatoms. The minimum atomic E-state index is -4.49. The van der Waals surface area contributed by atoms with E-state index >= 15 is 0 Å². The first-order valence-electron chi connectivity index (χ1n) is 8.81. The van der Waals surface area contributed by atoms with Crippen molar-refractivity contribution in [2.24, 2.45) is 0 Å². The van der Waals surface area contributed by atoms with Gasteiger partial charge in [-0.1, -0.05) is 18.2 Å². The molecule has 0 amide bonds. The molecule has 2 aromatic carbocycles. The lowest BCUT2D eigenvalue weighted by Crippen LogP contribution is -2.08. The van der Waals surface area contributed by atoms with Crippen LogP contribution in [0.4, 0.5) is 13.2 Å². The molecular weight excluding hydrogens is 399 g/mol. The molecule has 0 aliphatic carbocycles. The largest absolute Gasteiger partial charge is 0.508 e. The Bertz CT molecular complexity index is 1250. The van der Waals surface area contributed by atoms with E-state index in [2.05, 4.69) is 4.98 Å². The predicted octanol–water partition coefficient (Wildman–Crippen LogP) is 5.16. The van der Waals surface area contributed by atoms with E-state index in [1.54, 1.807) is 24.3 Å². The summed E-state index contributed by atoms with van der Waals surface area (Å²) >= 11 is 0. The highest BCUT2D eigenvalue weighted by Gasteiger charge is 2.32. The number of hydrogen-bond donors (Lipinski definition) is 1. The minimum absolute atomic E-state index is 0.00642. The number of nitrogens with zero attached hydrogens (tertiary/aromatic N) is 1. The molecule has 0 fully saturated rings. The first kappa shape index (κ1) is 19.5. The summed E-state index contributed by atoms with van der Waals surface area (Å²) in [5.41, 5.74) is 0.534. The smallest absolute Gasteiger partial charge is 0.433 e. The normalized spacial score (nSPS) is 11.6. The second-order valence-electron chi connectivity index (χ2n) is 6.52. The third kappa shape index (κ3) is 3.98. The van der Waals surface area contributed by atoms with Crippen molar-refractivity contribution >= 4 is 11.0 Å². The third-order valence-corrected chi connectivity index (χ3v) is 4.45. The number of benzene rings is 2. The number of rotatable bonds is 4. The van der Waals surface area contributed by atoms with Gasteiger partial charge in [0.15, 0.2) is 5.43 Å². The summed E-state index contributed by atoms with van der Waals surface area (Å²) in [6.45, 7) is 0.00642. The Hall–Kier alpha value is -3.81. The predicted molar refractivity (Wildman–Crippen MR) is 103 cm³/mol. The van der Waals surface area contributed by atoms with E-state index in [1.165, 1.54) is 30.5 Å². The van der Waals surface area contributed by atoms with Gasteiger partial charge in [-0.05, 0) is 35.9 Å². The zero-order valence-electron chi connectivity index (χ0n) is 15.3. The molecule has 0 saturated carbocycles. The number of alkyl halides is 3. The van der Waals surface area contributed by atoms with Crippen LogP contribution in [0, 0.1) is 0 Å². The Morgan fingerprint density at radius 1 is 1.03 bits per heavy atom. The van der Waals surface area contributed by atoms with Gasteiger partial charge in [0.05, 0.1) is 10.9 Å². The van der Waals surface area contributed by atoms with Crippen molar-refractivity contribution in [1.82, 2.24) is 4.98 Å². The van der Waals surface area contributed by atoms with Gasteiger partial charge in [-0.25, -0.2) is 0 Å².